The Bertz CT molecular complexity index is 514. The third-order valence-corrected chi connectivity index (χ3v) is 2.99. The van der Waals surface area contributed by atoms with Crippen LogP contribution in [0, 0.1) is 5.41 Å². The third-order valence-electron chi connectivity index (χ3n) is 2.99. The van der Waals surface area contributed by atoms with Crippen molar-refractivity contribution < 1.29 is 24.2 Å². The lowest BCUT2D eigenvalue weighted by atomic mass is 9.87. The molecule has 0 aliphatic carbocycles. The summed E-state index contributed by atoms with van der Waals surface area (Å²) in [5.41, 5.74) is -0.134. The smallest absolute Gasteiger partial charge is 0.170 e. The molecular formula is C16H22O5. The zero-order valence-electron chi connectivity index (χ0n) is 12.9. The van der Waals surface area contributed by atoms with Crippen LogP contribution in [0.1, 0.15) is 37.6 Å². The van der Waals surface area contributed by atoms with Crippen LogP contribution < -0.4 is 9.47 Å². The zero-order valence-corrected chi connectivity index (χ0v) is 12.9. The van der Waals surface area contributed by atoms with Gasteiger partial charge in [-0.2, -0.15) is 0 Å². The normalized spacial score (nSPS) is 11.1. The maximum atomic E-state index is 12.1. The highest BCUT2D eigenvalue weighted by Gasteiger charge is 2.24. The number of aliphatic hydroxyl groups excluding tert-OH is 1. The SMILES string of the molecule is COc1cc(C(=O)CC(=O)C(C)(C)C)ccc1OCCO. The van der Waals surface area contributed by atoms with Gasteiger partial charge in [0.15, 0.2) is 17.3 Å². The fourth-order valence-corrected chi connectivity index (χ4v) is 1.63. The first-order valence-corrected chi connectivity index (χ1v) is 6.77. The number of aliphatic hydroxyl groups is 1. The second kappa shape index (κ2) is 7.22. The van der Waals surface area contributed by atoms with E-state index in [1.807, 2.05) is 0 Å². The van der Waals surface area contributed by atoms with Gasteiger partial charge in [-0.25, -0.2) is 0 Å². The number of ether oxygens (including phenoxy) is 2. The molecule has 0 aliphatic rings. The Labute approximate surface area is 124 Å². The van der Waals surface area contributed by atoms with Crippen molar-refractivity contribution in [2.75, 3.05) is 20.3 Å². The van der Waals surface area contributed by atoms with E-state index < -0.39 is 5.41 Å². The molecule has 0 atom stereocenters. The minimum Gasteiger partial charge on any atom is -0.493 e. The Balaban J connectivity index is 2.89. The van der Waals surface area contributed by atoms with Crippen LogP contribution >= 0.6 is 0 Å². The minimum atomic E-state index is -0.538. The number of hydrogen-bond donors (Lipinski definition) is 1. The maximum absolute atomic E-state index is 12.1. The highest BCUT2D eigenvalue weighted by Crippen LogP contribution is 2.29. The molecule has 0 aromatic heterocycles. The van der Waals surface area contributed by atoms with Crippen molar-refractivity contribution in [1.82, 2.24) is 0 Å². The first-order valence-electron chi connectivity index (χ1n) is 6.77. The molecule has 1 rings (SSSR count). The van der Waals surface area contributed by atoms with Crippen molar-refractivity contribution in [3.63, 3.8) is 0 Å². The first kappa shape index (κ1) is 17.2. The van der Waals surface area contributed by atoms with Crippen LogP contribution in [-0.2, 0) is 4.79 Å². The first-order chi connectivity index (χ1) is 9.79. The highest BCUT2D eigenvalue weighted by molar-refractivity contribution is 6.09. The van der Waals surface area contributed by atoms with E-state index in [4.69, 9.17) is 14.6 Å². The van der Waals surface area contributed by atoms with Gasteiger partial charge in [0.1, 0.15) is 12.4 Å². The lowest BCUT2D eigenvalue weighted by Gasteiger charge is -2.16. The topological polar surface area (TPSA) is 72.8 Å². The van der Waals surface area contributed by atoms with E-state index >= 15 is 0 Å². The summed E-state index contributed by atoms with van der Waals surface area (Å²) < 4.78 is 10.5. The molecule has 0 heterocycles. The van der Waals surface area contributed by atoms with Crippen molar-refractivity contribution in [3.05, 3.63) is 23.8 Å². The lowest BCUT2D eigenvalue weighted by molar-refractivity contribution is -0.125. The van der Waals surface area contributed by atoms with Gasteiger partial charge in [-0.1, -0.05) is 20.8 Å². The Hall–Kier alpha value is -1.88. The molecule has 5 nitrogen and oxygen atoms in total. The summed E-state index contributed by atoms with van der Waals surface area (Å²) >= 11 is 0. The Kier molecular flexibility index (Phi) is 5.90. The molecule has 1 N–H and O–H groups in total. The molecule has 5 heteroatoms. The molecule has 0 saturated heterocycles. The van der Waals surface area contributed by atoms with Crippen LogP contribution in [0.15, 0.2) is 18.2 Å². The number of carbonyl (C=O) groups excluding carboxylic acids is 2. The van der Waals surface area contributed by atoms with Crippen molar-refractivity contribution in [3.8, 4) is 11.5 Å². The van der Waals surface area contributed by atoms with Gasteiger partial charge in [-0.3, -0.25) is 9.59 Å². The van der Waals surface area contributed by atoms with Gasteiger partial charge >= 0.3 is 0 Å². The minimum absolute atomic E-state index is 0.105. The number of rotatable bonds is 7. The summed E-state index contributed by atoms with van der Waals surface area (Å²) in [4.78, 5) is 24.0. The predicted octanol–water partition coefficient (Wildman–Crippen LogP) is 2.25. The molecule has 0 unspecified atom stereocenters. The number of methoxy groups -OCH3 is 1. The van der Waals surface area contributed by atoms with Crippen LogP contribution in [0.25, 0.3) is 0 Å². The summed E-state index contributed by atoms with van der Waals surface area (Å²) in [6.45, 7) is 5.40. The van der Waals surface area contributed by atoms with Gasteiger partial charge in [-0.15, -0.1) is 0 Å². The Morgan fingerprint density at radius 3 is 2.38 bits per heavy atom. The quantitative estimate of drug-likeness (QED) is 0.617. The number of benzene rings is 1. The largest absolute Gasteiger partial charge is 0.493 e. The van der Waals surface area contributed by atoms with E-state index in [2.05, 4.69) is 0 Å². The van der Waals surface area contributed by atoms with Crippen molar-refractivity contribution in [2.45, 2.75) is 27.2 Å². The monoisotopic (exact) mass is 294 g/mol. The fourth-order valence-electron chi connectivity index (χ4n) is 1.63. The van der Waals surface area contributed by atoms with Crippen molar-refractivity contribution >= 4 is 11.6 Å². The van der Waals surface area contributed by atoms with E-state index in [0.717, 1.165) is 0 Å². The number of hydrogen-bond acceptors (Lipinski definition) is 5. The van der Waals surface area contributed by atoms with Gasteiger partial charge in [0.05, 0.1) is 20.1 Å². The Morgan fingerprint density at radius 2 is 1.86 bits per heavy atom. The van der Waals surface area contributed by atoms with Gasteiger partial charge in [0, 0.05) is 11.0 Å². The molecule has 0 spiro atoms. The molecule has 21 heavy (non-hydrogen) atoms. The molecular weight excluding hydrogens is 272 g/mol. The summed E-state index contributed by atoms with van der Waals surface area (Å²) in [5, 5.41) is 8.75. The van der Waals surface area contributed by atoms with E-state index in [1.54, 1.807) is 39.0 Å². The van der Waals surface area contributed by atoms with Gasteiger partial charge < -0.3 is 14.6 Å². The summed E-state index contributed by atoms with van der Waals surface area (Å²) in [5.74, 6) is 0.497. The van der Waals surface area contributed by atoms with E-state index in [9.17, 15) is 9.59 Å². The summed E-state index contributed by atoms with van der Waals surface area (Å²) in [7, 11) is 1.47. The van der Waals surface area contributed by atoms with Gasteiger partial charge in [0.25, 0.3) is 0 Å². The van der Waals surface area contributed by atoms with Crippen LogP contribution in [0.4, 0.5) is 0 Å². The maximum Gasteiger partial charge on any atom is 0.170 e. The van der Waals surface area contributed by atoms with Crippen LogP contribution in [0.3, 0.4) is 0 Å². The molecule has 1 aromatic rings. The molecule has 0 radical (unpaired) electrons. The number of Topliss-reactive ketones (excluding diaryl/α,β-unsaturated/α-hetero) is 2. The predicted molar refractivity (Wildman–Crippen MR) is 79.0 cm³/mol. The summed E-state index contributed by atoms with van der Waals surface area (Å²) in [6, 6.07) is 4.74. The van der Waals surface area contributed by atoms with Crippen LogP contribution in [-0.4, -0.2) is 37.0 Å². The number of ketones is 2. The summed E-state index contributed by atoms with van der Waals surface area (Å²) in [6.07, 6.45) is -0.135. The van der Waals surface area contributed by atoms with E-state index in [-0.39, 0.29) is 31.2 Å². The van der Waals surface area contributed by atoms with Gasteiger partial charge in [0.2, 0.25) is 0 Å². The van der Waals surface area contributed by atoms with E-state index in [1.165, 1.54) is 7.11 Å². The van der Waals surface area contributed by atoms with E-state index in [0.29, 0.717) is 17.1 Å². The molecule has 0 amide bonds. The third kappa shape index (κ3) is 4.86. The molecule has 0 fully saturated rings. The molecule has 1 aromatic carbocycles. The Morgan fingerprint density at radius 1 is 1.19 bits per heavy atom. The van der Waals surface area contributed by atoms with Crippen molar-refractivity contribution in [1.29, 1.82) is 0 Å². The standard InChI is InChI=1S/C16H22O5/c1-16(2,3)15(19)10-12(18)11-5-6-13(21-8-7-17)14(9-11)20-4/h5-6,9,17H,7-8,10H2,1-4H3. The molecule has 0 saturated carbocycles. The molecule has 0 bridgehead atoms. The van der Waals surface area contributed by atoms with Crippen molar-refractivity contribution in [2.24, 2.45) is 5.41 Å². The average Bonchev–Trinajstić information content (AvgIpc) is 2.43. The lowest BCUT2D eigenvalue weighted by Crippen LogP contribution is -2.23. The molecule has 0 aliphatic heterocycles. The zero-order chi connectivity index (χ0) is 16.0. The van der Waals surface area contributed by atoms with Gasteiger partial charge in [-0.05, 0) is 18.2 Å². The second-order valence-electron chi connectivity index (χ2n) is 5.71. The molecule has 116 valence electrons. The highest BCUT2D eigenvalue weighted by atomic mass is 16.5. The van der Waals surface area contributed by atoms with Crippen LogP contribution in [0.2, 0.25) is 0 Å². The van der Waals surface area contributed by atoms with Crippen LogP contribution in [0.5, 0.6) is 11.5 Å². The number of carbonyl (C=O) groups is 2. The second-order valence-corrected chi connectivity index (χ2v) is 5.71. The average molecular weight is 294 g/mol. The fraction of sp³-hybridized carbons (Fsp3) is 0.500.